The van der Waals surface area contributed by atoms with E-state index in [0.29, 0.717) is 6.54 Å². The van der Waals surface area contributed by atoms with E-state index in [2.05, 4.69) is 31.9 Å². The summed E-state index contributed by atoms with van der Waals surface area (Å²) in [5.41, 5.74) is 7.86. The predicted octanol–water partition coefficient (Wildman–Crippen LogP) is 4.81. The Kier molecular flexibility index (Phi) is 5.02. The number of rotatable bonds is 4. The van der Waals surface area contributed by atoms with Crippen molar-refractivity contribution in [3.8, 4) is 11.5 Å². The monoisotopic (exact) mass is 383 g/mol. The minimum Gasteiger partial charge on any atom is -0.457 e. The molecule has 2 aromatic carbocycles. The molecule has 19 heavy (non-hydrogen) atoms. The molecule has 0 saturated carbocycles. The standard InChI is InChI=1S/C15H15Br2NO/c1-10-8-12(16)3-5-15(10)19-13-4-2-11(6-7-18)14(17)9-13/h2-5,8-9H,6-7,18H2,1H3. The number of hydrogen-bond donors (Lipinski definition) is 1. The van der Waals surface area contributed by atoms with Crippen LogP contribution in [0.3, 0.4) is 0 Å². The summed E-state index contributed by atoms with van der Waals surface area (Å²) in [5, 5.41) is 0. The second-order valence-corrected chi connectivity index (χ2v) is 6.07. The van der Waals surface area contributed by atoms with Crippen LogP contribution in [-0.2, 0) is 6.42 Å². The van der Waals surface area contributed by atoms with Crippen molar-refractivity contribution in [1.82, 2.24) is 0 Å². The van der Waals surface area contributed by atoms with E-state index in [1.165, 1.54) is 5.56 Å². The highest BCUT2D eigenvalue weighted by Gasteiger charge is 2.05. The minimum absolute atomic E-state index is 0.643. The Labute approximate surface area is 130 Å². The molecule has 0 heterocycles. The van der Waals surface area contributed by atoms with Gasteiger partial charge < -0.3 is 10.5 Å². The maximum Gasteiger partial charge on any atom is 0.130 e. The van der Waals surface area contributed by atoms with E-state index in [1.807, 2.05) is 43.3 Å². The summed E-state index contributed by atoms with van der Waals surface area (Å²) in [6.07, 6.45) is 0.859. The molecule has 4 heteroatoms. The van der Waals surface area contributed by atoms with E-state index in [9.17, 15) is 0 Å². The third kappa shape index (κ3) is 3.81. The zero-order valence-electron chi connectivity index (χ0n) is 10.6. The molecule has 0 amide bonds. The van der Waals surface area contributed by atoms with Crippen LogP contribution in [0, 0.1) is 6.92 Å². The van der Waals surface area contributed by atoms with Crippen molar-refractivity contribution in [3.05, 3.63) is 56.5 Å². The van der Waals surface area contributed by atoms with Gasteiger partial charge in [-0.2, -0.15) is 0 Å². The van der Waals surface area contributed by atoms with Gasteiger partial charge in [0.15, 0.2) is 0 Å². The molecule has 0 atom stereocenters. The van der Waals surface area contributed by atoms with Gasteiger partial charge in [0, 0.05) is 8.95 Å². The minimum atomic E-state index is 0.643. The van der Waals surface area contributed by atoms with Gasteiger partial charge in [-0.05, 0) is 61.3 Å². The van der Waals surface area contributed by atoms with Crippen molar-refractivity contribution in [2.45, 2.75) is 13.3 Å². The van der Waals surface area contributed by atoms with Crippen LogP contribution in [0.2, 0.25) is 0 Å². The molecule has 0 saturated heterocycles. The zero-order chi connectivity index (χ0) is 13.8. The van der Waals surface area contributed by atoms with Gasteiger partial charge in [0.2, 0.25) is 0 Å². The molecule has 100 valence electrons. The number of ether oxygens (including phenoxy) is 1. The van der Waals surface area contributed by atoms with E-state index in [4.69, 9.17) is 10.5 Å². The smallest absolute Gasteiger partial charge is 0.130 e. The van der Waals surface area contributed by atoms with Gasteiger partial charge in [-0.1, -0.05) is 37.9 Å². The van der Waals surface area contributed by atoms with Crippen LogP contribution in [0.1, 0.15) is 11.1 Å². The first-order valence-electron chi connectivity index (χ1n) is 6.02. The average molecular weight is 385 g/mol. The van der Waals surface area contributed by atoms with Crippen molar-refractivity contribution in [2.75, 3.05) is 6.54 Å². The predicted molar refractivity (Wildman–Crippen MR) is 85.9 cm³/mol. The molecule has 0 aliphatic heterocycles. The van der Waals surface area contributed by atoms with Gasteiger partial charge in [0.25, 0.3) is 0 Å². The van der Waals surface area contributed by atoms with Crippen LogP contribution < -0.4 is 10.5 Å². The first-order valence-corrected chi connectivity index (χ1v) is 7.61. The molecule has 0 aliphatic carbocycles. The Balaban J connectivity index is 2.21. The van der Waals surface area contributed by atoms with Gasteiger partial charge in [-0.25, -0.2) is 0 Å². The lowest BCUT2D eigenvalue weighted by Crippen LogP contribution is -2.03. The van der Waals surface area contributed by atoms with Gasteiger partial charge in [0.1, 0.15) is 11.5 Å². The van der Waals surface area contributed by atoms with E-state index in [-0.39, 0.29) is 0 Å². The molecule has 0 aromatic heterocycles. The van der Waals surface area contributed by atoms with Crippen LogP contribution >= 0.6 is 31.9 Å². The van der Waals surface area contributed by atoms with E-state index < -0.39 is 0 Å². The molecule has 2 nitrogen and oxygen atoms in total. The van der Waals surface area contributed by atoms with Crippen molar-refractivity contribution >= 4 is 31.9 Å². The molecular formula is C15H15Br2NO. The summed E-state index contributed by atoms with van der Waals surface area (Å²) in [5.74, 6) is 1.68. The molecule has 2 aromatic rings. The van der Waals surface area contributed by atoms with Crippen molar-refractivity contribution in [1.29, 1.82) is 0 Å². The molecule has 0 fully saturated rings. The number of hydrogen-bond acceptors (Lipinski definition) is 2. The number of benzene rings is 2. The highest BCUT2D eigenvalue weighted by molar-refractivity contribution is 9.10. The first-order chi connectivity index (χ1) is 9.10. The van der Waals surface area contributed by atoms with Crippen LogP contribution in [0.25, 0.3) is 0 Å². The average Bonchev–Trinajstić information content (AvgIpc) is 2.36. The molecular weight excluding hydrogens is 370 g/mol. The fourth-order valence-corrected chi connectivity index (χ4v) is 2.84. The quantitative estimate of drug-likeness (QED) is 0.820. The van der Waals surface area contributed by atoms with Gasteiger partial charge in [0.05, 0.1) is 0 Å². The maximum atomic E-state index is 5.90. The molecule has 2 rings (SSSR count). The van der Waals surface area contributed by atoms with Crippen LogP contribution in [0.4, 0.5) is 0 Å². The summed E-state index contributed by atoms with van der Waals surface area (Å²) in [6.45, 7) is 2.67. The second-order valence-electron chi connectivity index (χ2n) is 4.30. The molecule has 0 spiro atoms. The van der Waals surface area contributed by atoms with E-state index >= 15 is 0 Å². The molecule has 0 radical (unpaired) electrons. The maximum absolute atomic E-state index is 5.90. The summed E-state index contributed by atoms with van der Waals surface area (Å²) in [7, 11) is 0. The number of aryl methyl sites for hydroxylation is 1. The Bertz CT molecular complexity index is 584. The Hall–Kier alpha value is -0.840. The Morgan fingerprint density at radius 3 is 2.53 bits per heavy atom. The zero-order valence-corrected chi connectivity index (χ0v) is 13.8. The number of halogens is 2. The lowest BCUT2D eigenvalue weighted by atomic mass is 10.1. The fourth-order valence-electron chi connectivity index (χ4n) is 1.80. The summed E-state index contributed by atoms with van der Waals surface area (Å²) >= 11 is 6.99. The second kappa shape index (κ2) is 6.55. The fraction of sp³-hybridized carbons (Fsp3) is 0.200. The summed E-state index contributed by atoms with van der Waals surface area (Å²) in [6, 6.07) is 12.0. The molecule has 0 unspecified atom stereocenters. The van der Waals surface area contributed by atoms with Crippen LogP contribution in [0.5, 0.6) is 11.5 Å². The third-order valence-electron chi connectivity index (χ3n) is 2.80. The van der Waals surface area contributed by atoms with Crippen LogP contribution in [0.15, 0.2) is 45.3 Å². The normalized spacial score (nSPS) is 10.5. The lowest BCUT2D eigenvalue weighted by molar-refractivity contribution is 0.478. The van der Waals surface area contributed by atoms with Crippen molar-refractivity contribution in [3.63, 3.8) is 0 Å². The van der Waals surface area contributed by atoms with Crippen LogP contribution in [-0.4, -0.2) is 6.54 Å². The van der Waals surface area contributed by atoms with Gasteiger partial charge >= 0.3 is 0 Å². The van der Waals surface area contributed by atoms with Gasteiger partial charge in [-0.15, -0.1) is 0 Å². The molecule has 0 bridgehead atoms. The Morgan fingerprint density at radius 1 is 1.11 bits per heavy atom. The molecule has 0 aliphatic rings. The Morgan fingerprint density at radius 2 is 1.89 bits per heavy atom. The van der Waals surface area contributed by atoms with Crippen molar-refractivity contribution < 1.29 is 4.74 Å². The summed E-state index contributed by atoms with van der Waals surface area (Å²) in [4.78, 5) is 0. The van der Waals surface area contributed by atoms with Crippen molar-refractivity contribution in [2.24, 2.45) is 5.73 Å². The summed E-state index contributed by atoms with van der Waals surface area (Å²) < 4.78 is 7.98. The largest absolute Gasteiger partial charge is 0.457 e. The SMILES string of the molecule is Cc1cc(Br)ccc1Oc1ccc(CCN)c(Br)c1. The molecule has 2 N–H and O–H groups in total. The third-order valence-corrected chi connectivity index (χ3v) is 4.03. The van der Waals surface area contributed by atoms with Gasteiger partial charge in [-0.3, -0.25) is 0 Å². The van der Waals surface area contributed by atoms with E-state index in [1.54, 1.807) is 0 Å². The highest BCUT2D eigenvalue weighted by Crippen LogP contribution is 2.30. The lowest BCUT2D eigenvalue weighted by Gasteiger charge is -2.11. The number of nitrogens with two attached hydrogens (primary N) is 1. The first kappa shape index (κ1) is 14.6. The highest BCUT2D eigenvalue weighted by atomic mass is 79.9. The topological polar surface area (TPSA) is 35.2 Å². The van der Waals surface area contributed by atoms with E-state index in [0.717, 1.165) is 32.4 Å².